The van der Waals surface area contributed by atoms with Crippen LogP contribution in [-0.2, 0) is 4.79 Å². The van der Waals surface area contributed by atoms with Crippen molar-refractivity contribution in [1.82, 2.24) is 10.2 Å². The van der Waals surface area contributed by atoms with Crippen LogP contribution in [-0.4, -0.2) is 36.0 Å². The Labute approximate surface area is 86.2 Å². The predicted molar refractivity (Wildman–Crippen MR) is 58.1 cm³/mol. The fraction of sp³-hybridized carbons (Fsp3) is 0.727. The van der Waals surface area contributed by atoms with Crippen LogP contribution in [0.25, 0.3) is 0 Å². The summed E-state index contributed by atoms with van der Waals surface area (Å²) in [5.74, 6) is -0.0482. The largest absolute Gasteiger partial charge is 0.350 e. The van der Waals surface area contributed by atoms with Crippen LogP contribution < -0.4 is 5.32 Å². The third-order valence-electron chi connectivity index (χ3n) is 2.79. The molecule has 0 bridgehead atoms. The average Bonchev–Trinajstić information content (AvgIpc) is 2.18. The highest BCUT2D eigenvalue weighted by Gasteiger charge is 2.20. The Morgan fingerprint density at radius 2 is 2.07 bits per heavy atom. The van der Waals surface area contributed by atoms with Crippen LogP contribution >= 0.6 is 0 Å². The molecule has 0 atom stereocenters. The normalized spacial score (nSPS) is 19.6. The molecular weight excluding hydrogens is 176 g/mol. The van der Waals surface area contributed by atoms with E-state index in [-0.39, 0.29) is 5.91 Å². The molecule has 14 heavy (non-hydrogen) atoms. The number of carbonyl (C=O) groups is 1. The van der Waals surface area contributed by atoms with Gasteiger partial charge in [-0.25, -0.2) is 0 Å². The molecule has 0 aromatic rings. The molecule has 1 rings (SSSR count). The fourth-order valence-electron chi connectivity index (χ4n) is 1.82. The lowest BCUT2D eigenvalue weighted by Crippen LogP contribution is -2.46. The van der Waals surface area contributed by atoms with Crippen LogP contribution in [0.1, 0.15) is 26.7 Å². The second kappa shape index (κ2) is 5.15. The van der Waals surface area contributed by atoms with Crippen molar-refractivity contribution >= 4 is 5.91 Å². The van der Waals surface area contributed by atoms with E-state index in [1.807, 2.05) is 0 Å². The van der Waals surface area contributed by atoms with Gasteiger partial charge in [-0.2, -0.15) is 0 Å². The molecule has 1 N–H and O–H groups in total. The molecule has 1 aliphatic heterocycles. The Hall–Kier alpha value is -0.830. The molecule has 0 radical (unpaired) electrons. The van der Waals surface area contributed by atoms with E-state index in [2.05, 4.69) is 30.6 Å². The quantitative estimate of drug-likeness (QED) is 0.687. The number of amides is 1. The van der Waals surface area contributed by atoms with Gasteiger partial charge in [0, 0.05) is 25.2 Å². The highest BCUT2D eigenvalue weighted by molar-refractivity contribution is 5.87. The van der Waals surface area contributed by atoms with Crippen molar-refractivity contribution in [3.8, 4) is 0 Å². The van der Waals surface area contributed by atoms with Crippen LogP contribution in [0.5, 0.6) is 0 Å². The molecule has 80 valence electrons. The molecule has 3 nitrogen and oxygen atoms in total. The van der Waals surface area contributed by atoms with Crippen molar-refractivity contribution in [2.45, 2.75) is 38.8 Å². The second-order valence-corrected chi connectivity index (χ2v) is 4.12. The summed E-state index contributed by atoms with van der Waals surface area (Å²) in [4.78, 5) is 13.5. The van der Waals surface area contributed by atoms with E-state index >= 15 is 0 Å². The molecule has 1 fully saturated rings. The topological polar surface area (TPSA) is 32.3 Å². The van der Waals surface area contributed by atoms with Crippen molar-refractivity contribution in [2.24, 2.45) is 0 Å². The summed E-state index contributed by atoms with van der Waals surface area (Å²) in [6.45, 7) is 10.0. The molecule has 1 aliphatic rings. The van der Waals surface area contributed by atoms with Crippen LogP contribution in [0.15, 0.2) is 12.7 Å². The van der Waals surface area contributed by atoms with Crippen molar-refractivity contribution in [3.63, 3.8) is 0 Å². The highest BCUT2D eigenvalue weighted by Crippen LogP contribution is 2.12. The summed E-state index contributed by atoms with van der Waals surface area (Å²) >= 11 is 0. The third-order valence-corrected chi connectivity index (χ3v) is 2.79. The van der Waals surface area contributed by atoms with Crippen LogP contribution in [0.2, 0.25) is 0 Å². The maximum Gasteiger partial charge on any atom is 0.243 e. The van der Waals surface area contributed by atoms with Gasteiger partial charge in [-0.3, -0.25) is 4.79 Å². The van der Waals surface area contributed by atoms with E-state index in [4.69, 9.17) is 0 Å². The monoisotopic (exact) mass is 196 g/mol. The van der Waals surface area contributed by atoms with Gasteiger partial charge < -0.3 is 10.2 Å². The molecule has 0 unspecified atom stereocenters. The standard InChI is InChI=1S/C11H20N2O/c1-4-11(14)12-10-5-7-13(8-6-10)9(2)3/h4,9-10H,1,5-8H2,2-3H3,(H,12,14). The van der Waals surface area contributed by atoms with Gasteiger partial charge >= 0.3 is 0 Å². The minimum atomic E-state index is -0.0482. The molecule has 1 saturated heterocycles. The molecular formula is C11H20N2O. The molecule has 0 saturated carbocycles. The lowest BCUT2D eigenvalue weighted by Gasteiger charge is -2.34. The highest BCUT2D eigenvalue weighted by atomic mass is 16.1. The van der Waals surface area contributed by atoms with Gasteiger partial charge in [-0.05, 0) is 32.8 Å². The number of nitrogens with one attached hydrogen (secondary N) is 1. The number of hydrogen-bond donors (Lipinski definition) is 1. The Bertz CT molecular complexity index is 205. The summed E-state index contributed by atoms with van der Waals surface area (Å²) < 4.78 is 0. The van der Waals surface area contributed by atoms with Gasteiger partial charge in [-0.15, -0.1) is 0 Å². The first-order chi connectivity index (χ1) is 6.63. The lowest BCUT2D eigenvalue weighted by atomic mass is 10.0. The van der Waals surface area contributed by atoms with Crippen molar-refractivity contribution < 1.29 is 4.79 Å². The van der Waals surface area contributed by atoms with Gasteiger partial charge in [0.1, 0.15) is 0 Å². The van der Waals surface area contributed by atoms with E-state index < -0.39 is 0 Å². The summed E-state index contributed by atoms with van der Waals surface area (Å²) in [7, 11) is 0. The predicted octanol–water partition coefficient (Wildman–Crippen LogP) is 1.16. The average molecular weight is 196 g/mol. The summed E-state index contributed by atoms with van der Waals surface area (Å²) in [6.07, 6.45) is 3.45. The van der Waals surface area contributed by atoms with E-state index in [9.17, 15) is 4.79 Å². The first-order valence-corrected chi connectivity index (χ1v) is 5.30. The molecule has 0 aromatic carbocycles. The van der Waals surface area contributed by atoms with Crippen LogP contribution in [0.4, 0.5) is 0 Å². The number of likely N-dealkylation sites (tertiary alicyclic amines) is 1. The Balaban J connectivity index is 2.28. The van der Waals surface area contributed by atoms with Crippen molar-refractivity contribution in [1.29, 1.82) is 0 Å². The third kappa shape index (κ3) is 3.14. The second-order valence-electron chi connectivity index (χ2n) is 4.12. The Morgan fingerprint density at radius 1 is 1.50 bits per heavy atom. The molecule has 0 aliphatic carbocycles. The molecule has 1 amide bonds. The number of rotatable bonds is 3. The number of hydrogen-bond acceptors (Lipinski definition) is 2. The van der Waals surface area contributed by atoms with Gasteiger partial charge in [-0.1, -0.05) is 6.58 Å². The van der Waals surface area contributed by atoms with Crippen LogP contribution in [0.3, 0.4) is 0 Å². The van der Waals surface area contributed by atoms with Crippen molar-refractivity contribution in [2.75, 3.05) is 13.1 Å². The van der Waals surface area contributed by atoms with Gasteiger partial charge in [0.15, 0.2) is 0 Å². The molecule has 0 spiro atoms. The minimum Gasteiger partial charge on any atom is -0.350 e. The number of carbonyl (C=O) groups excluding carboxylic acids is 1. The molecule has 1 heterocycles. The Kier molecular flexibility index (Phi) is 4.14. The number of piperidine rings is 1. The SMILES string of the molecule is C=CC(=O)NC1CCN(C(C)C)CC1. The van der Waals surface area contributed by atoms with E-state index in [0.29, 0.717) is 12.1 Å². The lowest BCUT2D eigenvalue weighted by molar-refractivity contribution is -0.117. The summed E-state index contributed by atoms with van der Waals surface area (Å²) in [5, 5.41) is 2.94. The fourth-order valence-corrected chi connectivity index (χ4v) is 1.82. The van der Waals surface area contributed by atoms with E-state index in [0.717, 1.165) is 25.9 Å². The minimum absolute atomic E-state index is 0.0482. The zero-order valence-corrected chi connectivity index (χ0v) is 9.12. The first-order valence-electron chi connectivity index (χ1n) is 5.30. The van der Waals surface area contributed by atoms with E-state index in [1.165, 1.54) is 6.08 Å². The maximum atomic E-state index is 11.1. The van der Waals surface area contributed by atoms with Crippen molar-refractivity contribution in [3.05, 3.63) is 12.7 Å². The first kappa shape index (κ1) is 11.2. The van der Waals surface area contributed by atoms with Gasteiger partial charge in [0.05, 0.1) is 0 Å². The number of nitrogens with zero attached hydrogens (tertiary/aromatic N) is 1. The Morgan fingerprint density at radius 3 is 2.50 bits per heavy atom. The molecule has 3 heteroatoms. The zero-order chi connectivity index (χ0) is 10.6. The zero-order valence-electron chi connectivity index (χ0n) is 9.12. The van der Waals surface area contributed by atoms with Gasteiger partial charge in [0.2, 0.25) is 5.91 Å². The maximum absolute atomic E-state index is 11.1. The summed E-state index contributed by atoms with van der Waals surface area (Å²) in [5.41, 5.74) is 0. The van der Waals surface area contributed by atoms with Crippen LogP contribution in [0, 0.1) is 0 Å². The molecule has 0 aromatic heterocycles. The smallest absolute Gasteiger partial charge is 0.243 e. The van der Waals surface area contributed by atoms with E-state index in [1.54, 1.807) is 0 Å². The summed E-state index contributed by atoms with van der Waals surface area (Å²) in [6, 6.07) is 0.960. The van der Waals surface area contributed by atoms with Gasteiger partial charge in [0.25, 0.3) is 0 Å².